The van der Waals surface area contributed by atoms with Crippen molar-refractivity contribution in [2.45, 2.75) is 47.1 Å². The maximum absolute atomic E-state index is 13.0. The van der Waals surface area contributed by atoms with E-state index in [-0.39, 0.29) is 37.1 Å². The lowest BCUT2D eigenvalue weighted by molar-refractivity contribution is -0.153. The van der Waals surface area contributed by atoms with E-state index in [1.165, 1.54) is 12.7 Å². The van der Waals surface area contributed by atoms with Crippen LogP contribution in [0.15, 0.2) is 12.7 Å². The van der Waals surface area contributed by atoms with Gasteiger partial charge in [0.15, 0.2) is 11.5 Å². The van der Waals surface area contributed by atoms with Gasteiger partial charge in [-0.2, -0.15) is 0 Å². The van der Waals surface area contributed by atoms with Crippen molar-refractivity contribution < 1.29 is 37.4 Å². The molecule has 0 fully saturated rings. The Morgan fingerprint density at radius 1 is 1.00 bits per heavy atom. The zero-order valence-corrected chi connectivity index (χ0v) is 20.7. The first-order valence-electron chi connectivity index (χ1n) is 10.8. The van der Waals surface area contributed by atoms with Crippen molar-refractivity contribution in [2.75, 3.05) is 32.3 Å². The summed E-state index contributed by atoms with van der Waals surface area (Å²) in [4.78, 5) is 35.6. The van der Waals surface area contributed by atoms with Gasteiger partial charge in [-0.25, -0.2) is 15.0 Å². The van der Waals surface area contributed by atoms with Gasteiger partial charge in [-0.1, -0.05) is 27.7 Å². The molecule has 0 aliphatic rings. The van der Waals surface area contributed by atoms with Crippen LogP contribution in [-0.2, 0) is 44.0 Å². The first kappa shape index (κ1) is 27.6. The van der Waals surface area contributed by atoms with Gasteiger partial charge in [-0.15, -0.1) is 0 Å². The van der Waals surface area contributed by atoms with Gasteiger partial charge >= 0.3 is 19.5 Å². The fourth-order valence-corrected chi connectivity index (χ4v) is 3.65. The molecule has 0 bridgehead atoms. The number of anilines is 1. The number of nitrogens with zero attached hydrogens (tertiary/aromatic N) is 4. The summed E-state index contributed by atoms with van der Waals surface area (Å²) in [6.45, 7) is 6.69. The molecule has 0 radical (unpaired) electrons. The van der Waals surface area contributed by atoms with Crippen LogP contribution in [-0.4, -0.2) is 58.0 Å². The SMILES string of the molecule is CC(C)CC(=O)OCOP(=O)(COCCn1cnc2c(N)ncnc21)OCOC(=O)CC(C)C. The lowest BCUT2D eigenvalue weighted by atomic mass is 10.1. The van der Waals surface area contributed by atoms with Crippen LogP contribution in [0.1, 0.15) is 40.5 Å². The number of nitrogen functional groups attached to an aromatic ring is 1. The number of rotatable bonds is 15. The Morgan fingerprint density at radius 2 is 1.59 bits per heavy atom. The molecular formula is C20H32N5O8P. The van der Waals surface area contributed by atoms with E-state index < -0.39 is 39.5 Å². The molecule has 0 saturated carbocycles. The maximum Gasteiger partial charge on any atom is 0.361 e. The molecule has 0 spiro atoms. The summed E-state index contributed by atoms with van der Waals surface area (Å²) in [6, 6.07) is 0. The predicted octanol–water partition coefficient (Wildman–Crippen LogP) is 2.70. The van der Waals surface area contributed by atoms with E-state index in [0.29, 0.717) is 17.7 Å². The quantitative estimate of drug-likeness (QED) is 0.164. The fourth-order valence-electron chi connectivity index (χ4n) is 2.64. The van der Waals surface area contributed by atoms with Crippen LogP contribution in [0, 0.1) is 11.8 Å². The smallest absolute Gasteiger partial charge is 0.361 e. The Morgan fingerprint density at radius 3 is 2.15 bits per heavy atom. The van der Waals surface area contributed by atoms with Gasteiger partial charge in [0.2, 0.25) is 13.6 Å². The molecule has 2 N–H and O–H groups in total. The number of nitrogens with two attached hydrogens (primary N) is 1. The maximum atomic E-state index is 13.0. The Kier molecular flexibility index (Phi) is 10.8. The average Bonchev–Trinajstić information content (AvgIpc) is 3.14. The van der Waals surface area contributed by atoms with Gasteiger partial charge in [-0.3, -0.25) is 23.2 Å². The monoisotopic (exact) mass is 501 g/mol. The summed E-state index contributed by atoms with van der Waals surface area (Å²) in [5.41, 5.74) is 6.76. The number of fused-ring (bicyclic) bond motifs is 1. The molecule has 0 aliphatic carbocycles. The fraction of sp³-hybridized carbons (Fsp3) is 0.650. The molecule has 0 atom stereocenters. The molecule has 14 heteroatoms. The highest BCUT2D eigenvalue weighted by atomic mass is 31.2. The third-order valence-corrected chi connectivity index (χ3v) is 5.74. The molecule has 0 amide bonds. The highest BCUT2D eigenvalue weighted by molar-refractivity contribution is 7.53. The zero-order chi connectivity index (χ0) is 25.1. The van der Waals surface area contributed by atoms with Crippen LogP contribution >= 0.6 is 7.60 Å². The second-order valence-corrected chi connectivity index (χ2v) is 10.2. The van der Waals surface area contributed by atoms with Crippen molar-refractivity contribution in [2.24, 2.45) is 11.8 Å². The van der Waals surface area contributed by atoms with Gasteiger partial charge in [0.05, 0.1) is 12.9 Å². The van der Waals surface area contributed by atoms with E-state index in [1.54, 1.807) is 4.57 Å². The Balaban J connectivity index is 1.88. The predicted molar refractivity (Wildman–Crippen MR) is 121 cm³/mol. The molecule has 13 nitrogen and oxygen atoms in total. The lowest BCUT2D eigenvalue weighted by Gasteiger charge is -2.19. The minimum Gasteiger partial charge on any atom is -0.438 e. The van der Waals surface area contributed by atoms with E-state index in [4.69, 9.17) is 29.0 Å². The van der Waals surface area contributed by atoms with Crippen molar-refractivity contribution in [3.63, 3.8) is 0 Å². The zero-order valence-electron chi connectivity index (χ0n) is 19.8. The number of carbonyl (C=O) groups is 2. The number of imidazole rings is 1. The first-order valence-corrected chi connectivity index (χ1v) is 12.5. The molecule has 0 aliphatic heterocycles. The molecule has 2 heterocycles. The van der Waals surface area contributed by atoms with Gasteiger partial charge in [0, 0.05) is 19.4 Å². The van der Waals surface area contributed by atoms with Crippen molar-refractivity contribution in [3.05, 3.63) is 12.7 Å². The van der Waals surface area contributed by atoms with Crippen LogP contribution in [0.3, 0.4) is 0 Å². The Bertz CT molecular complexity index is 964. The Labute approximate surface area is 197 Å². The molecule has 190 valence electrons. The number of carbonyl (C=O) groups excluding carboxylic acids is 2. The molecule has 2 aromatic heterocycles. The molecular weight excluding hydrogens is 469 g/mol. The molecule has 0 saturated heterocycles. The van der Waals surface area contributed by atoms with Crippen LogP contribution in [0.4, 0.5) is 5.82 Å². The normalized spacial score (nSPS) is 11.9. The minimum atomic E-state index is -3.91. The average molecular weight is 501 g/mol. The summed E-state index contributed by atoms with van der Waals surface area (Å²) < 4.78 is 40.5. The number of ether oxygens (including phenoxy) is 3. The van der Waals surface area contributed by atoms with Crippen LogP contribution in [0.25, 0.3) is 11.2 Å². The molecule has 0 aromatic carbocycles. The molecule has 0 unspecified atom stereocenters. The van der Waals surface area contributed by atoms with Crippen molar-refractivity contribution in [1.29, 1.82) is 0 Å². The second-order valence-electron chi connectivity index (χ2n) is 8.24. The topological polar surface area (TPSA) is 167 Å². The van der Waals surface area contributed by atoms with Crippen LogP contribution in [0.2, 0.25) is 0 Å². The van der Waals surface area contributed by atoms with E-state index in [9.17, 15) is 14.2 Å². The van der Waals surface area contributed by atoms with E-state index in [2.05, 4.69) is 15.0 Å². The van der Waals surface area contributed by atoms with Crippen molar-refractivity contribution in [1.82, 2.24) is 19.5 Å². The largest absolute Gasteiger partial charge is 0.438 e. The number of hydrogen-bond acceptors (Lipinski definition) is 12. The van der Waals surface area contributed by atoms with Crippen molar-refractivity contribution in [3.8, 4) is 0 Å². The van der Waals surface area contributed by atoms with E-state index >= 15 is 0 Å². The second kappa shape index (κ2) is 13.3. The number of esters is 2. The molecule has 34 heavy (non-hydrogen) atoms. The van der Waals surface area contributed by atoms with Crippen molar-refractivity contribution >= 4 is 36.5 Å². The summed E-state index contributed by atoms with van der Waals surface area (Å²) in [7, 11) is -3.91. The Hall–Kier alpha value is -2.60. The summed E-state index contributed by atoms with van der Waals surface area (Å²) in [6.07, 6.45) is 2.78. The summed E-state index contributed by atoms with van der Waals surface area (Å²) >= 11 is 0. The number of aromatic nitrogens is 4. The van der Waals surface area contributed by atoms with Gasteiger partial charge in [0.1, 0.15) is 18.2 Å². The van der Waals surface area contributed by atoms with Crippen LogP contribution < -0.4 is 5.73 Å². The number of hydrogen-bond donors (Lipinski definition) is 1. The third kappa shape index (κ3) is 9.34. The summed E-state index contributed by atoms with van der Waals surface area (Å²) in [5, 5.41) is 0. The van der Waals surface area contributed by atoms with Crippen LogP contribution in [0.5, 0.6) is 0 Å². The van der Waals surface area contributed by atoms with E-state index in [1.807, 2.05) is 27.7 Å². The molecule has 2 aromatic rings. The third-order valence-electron chi connectivity index (χ3n) is 4.24. The minimum absolute atomic E-state index is 0.0964. The van der Waals surface area contributed by atoms with E-state index in [0.717, 1.165) is 0 Å². The highest BCUT2D eigenvalue weighted by Crippen LogP contribution is 2.48. The standard InChI is InChI=1S/C20H32N5O8P/c1-14(2)7-16(26)30-11-32-34(28,33-12-31-17(27)8-15(3)4)13-29-6-5-25-10-24-18-19(21)22-9-23-20(18)25/h9-10,14-15H,5-8,11-13H2,1-4H3,(H2,21,22,23). The van der Waals surface area contributed by atoms with Gasteiger partial charge < -0.3 is 24.5 Å². The summed E-state index contributed by atoms with van der Waals surface area (Å²) in [5.74, 6) is -0.550. The van der Waals surface area contributed by atoms with Gasteiger partial charge in [0.25, 0.3) is 0 Å². The first-order chi connectivity index (χ1) is 16.1. The van der Waals surface area contributed by atoms with Gasteiger partial charge in [-0.05, 0) is 11.8 Å². The molecule has 2 rings (SSSR count). The highest BCUT2D eigenvalue weighted by Gasteiger charge is 2.27. The lowest BCUT2D eigenvalue weighted by Crippen LogP contribution is -2.15.